The molecule has 2 N–H and O–H groups in total. The topological polar surface area (TPSA) is 71.9 Å². The maximum atomic E-state index is 9.85. The molecule has 4 heteroatoms. The molecule has 4 rings (SSSR count). The summed E-state index contributed by atoms with van der Waals surface area (Å²) in [4.78, 5) is 4.59. The van der Waals surface area contributed by atoms with Gasteiger partial charge >= 0.3 is 0 Å². The quantitative estimate of drug-likeness (QED) is 0.438. The van der Waals surface area contributed by atoms with Gasteiger partial charge in [0.25, 0.3) is 0 Å². The molecule has 3 aromatic carbocycles. The fourth-order valence-electron chi connectivity index (χ4n) is 3.59. The fraction of sp³-hybridized carbons (Fsp3) is 0.0769. The fourth-order valence-corrected chi connectivity index (χ4v) is 3.59. The average molecular weight is 391 g/mol. The minimum Gasteiger partial charge on any atom is -0.457 e. The number of rotatable bonds is 5. The van der Waals surface area contributed by atoms with Crippen LogP contribution >= 0.6 is 0 Å². The lowest BCUT2D eigenvalue weighted by Crippen LogP contribution is -2.05. The summed E-state index contributed by atoms with van der Waals surface area (Å²) in [5, 5.41) is 9.85. The summed E-state index contributed by atoms with van der Waals surface area (Å²) in [5.74, 6) is 1.68. The van der Waals surface area contributed by atoms with Crippen molar-refractivity contribution in [3.63, 3.8) is 0 Å². The van der Waals surface area contributed by atoms with E-state index in [1.807, 2.05) is 84.9 Å². The molecule has 0 spiro atoms. The third-order valence-corrected chi connectivity index (χ3v) is 4.94. The van der Waals surface area contributed by atoms with Crippen molar-refractivity contribution < 1.29 is 4.74 Å². The SMILES string of the molecule is CCc1c(-c2ccccc2)nc(N)c(C#N)c1-c1cccc(Oc2ccccc2)c1. The van der Waals surface area contributed by atoms with Crippen LogP contribution in [0.25, 0.3) is 22.4 Å². The lowest BCUT2D eigenvalue weighted by atomic mass is 9.90. The van der Waals surface area contributed by atoms with Crippen molar-refractivity contribution in [3.05, 3.63) is 96.1 Å². The van der Waals surface area contributed by atoms with Gasteiger partial charge in [-0.15, -0.1) is 0 Å². The van der Waals surface area contributed by atoms with E-state index in [4.69, 9.17) is 10.5 Å². The Labute approximate surface area is 176 Å². The molecule has 0 aliphatic heterocycles. The van der Waals surface area contributed by atoms with Crippen LogP contribution < -0.4 is 10.5 Å². The number of hydrogen-bond acceptors (Lipinski definition) is 4. The first-order valence-corrected chi connectivity index (χ1v) is 9.82. The van der Waals surface area contributed by atoms with Crippen molar-refractivity contribution in [2.24, 2.45) is 0 Å². The molecule has 0 saturated heterocycles. The number of para-hydroxylation sites is 1. The van der Waals surface area contributed by atoms with Crippen LogP contribution in [0.4, 0.5) is 5.82 Å². The monoisotopic (exact) mass is 391 g/mol. The molecule has 146 valence electrons. The number of ether oxygens (including phenoxy) is 1. The van der Waals surface area contributed by atoms with Crippen LogP contribution in [0.2, 0.25) is 0 Å². The van der Waals surface area contributed by atoms with E-state index in [0.29, 0.717) is 17.7 Å². The van der Waals surface area contributed by atoms with E-state index in [9.17, 15) is 5.26 Å². The van der Waals surface area contributed by atoms with Crippen LogP contribution in [-0.2, 0) is 6.42 Å². The number of nitrogens with zero attached hydrogens (tertiary/aromatic N) is 2. The number of nitrogens with two attached hydrogens (primary N) is 1. The van der Waals surface area contributed by atoms with Crippen molar-refractivity contribution in [2.75, 3.05) is 5.73 Å². The van der Waals surface area contributed by atoms with E-state index in [-0.39, 0.29) is 5.82 Å². The highest BCUT2D eigenvalue weighted by Crippen LogP contribution is 2.38. The molecule has 0 radical (unpaired) electrons. The highest BCUT2D eigenvalue weighted by Gasteiger charge is 2.20. The lowest BCUT2D eigenvalue weighted by molar-refractivity contribution is 0.483. The summed E-state index contributed by atoms with van der Waals surface area (Å²) in [6.45, 7) is 2.06. The molecule has 0 amide bonds. The van der Waals surface area contributed by atoms with Gasteiger partial charge in [-0.05, 0) is 41.8 Å². The second kappa shape index (κ2) is 8.50. The van der Waals surface area contributed by atoms with Gasteiger partial charge in [-0.1, -0.05) is 67.6 Å². The number of pyridine rings is 1. The zero-order valence-electron chi connectivity index (χ0n) is 16.7. The second-order valence-electron chi connectivity index (χ2n) is 6.85. The molecular weight excluding hydrogens is 370 g/mol. The highest BCUT2D eigenvalue weighted by molar-refractivity contribution is 5.84. The van der Waals surface area contributed by atoms with Crippen molar-refractivity contribution in [1.29, 1.82) is 5.26 Å². The molecule has 4 aromatic rings. The largest absolute Gasteiger partial charge is 0.457 e. The van der Waals surface area contributed by atoms with Gasteiger partial charge in [0, 0.05) is 11.1 Å². The molecule has 0 aliphatic rings. The Morgan fingerprint density at radius 2 is 1.50 bits per heavy atom. The van der Waals surface area contributed by atoms with Gasteiger partial charge in [-0.25, -0.2) is 4.98 Å². The standard InChI is InChI=1S/C26H21N3O/c1-2-22-24(19-12-9-15-21(16-19)30-20-13-7-4-8-14-20)23(17-27)26(28)29-25(22)18-10-5-3-6-11-18/h3-16H,2H2,1H3,(H2,28,29). The van der Waals surface area contributed by atoms with Crippen LogP contribution in [0.5, 0.6) is 11.5 Å². The van der Waals surface area contributed by atoms with Gasteiger partial charge in [-0.3, -0.25) is 0 Å². The Kier molecular flexibility index (Phi) is 5.45. The van der Waals surface area contributed by atoms with Gasteiger partial charge in [0.05, 0.1) is 5.69 Å². The summed E-state index contributed by atoms with van der Waals surface area (Å²) in [5.41, 5.74) is 11.1. The second-order valence-corrected chi connectivity index (χ2v) is 6.85. The summed E-state index contributed by atoms with van der Waals surface area (Å²) in [6.07, 6.45) is 0.714. The smallest absolute Gasteiger partial charge is 0.142 e. The van der Waals surface area contributed by atoms with Crippen LogP contribution in [0.1, 0.15) is 18.1 Å². The zero-order valence-corrected chi connectivity index (χ0v) is 16.7. The molecule has 0 fully saturated rings. The van der Waals surface area contributed by atoms with Crippen LogP contribution in [0, 0.1) is 11.3 Å². The Hall–Kier alpha value is -4.10. The van der Waals surface area contributed by atoms with E-state index in [1.54, 1.807) is 0 Å². The average Bonchev–Trinajstić information content (AvgIpc) is 2.79. The van der Waals surface area contributed by atoms with Crippen LogP contribution in [0.3, 0.4) is 0 Å². The Bertz CT molecular complexity index is 1210. The predicted octanol–water partition coefficient (Wildman–Crippen LogP) is 6.22. The van der Waals surface area contributed by atoms with Gasteiger partial charge < -0.3 is 10.5 Å². The van der Waals surface area contributed by atoms with Gasteiger partial charge in [0.15, 0.2) is 0 Å². The van der Waals surface area contributed by atoms with E-state index < -0.39 is 0 Å². The molecule has 0 saturated carbocycles. The minimum atomic E-state index is 0.234. The molecule has 1 aromatic heterocycles. The Morgan fingerprint density at radius 1 is 0.867 bits per heavy atom. The van der Waals surface area contributed by atoms with Crippen molar-refractivity contribution in [1.82, 2.24) is 4.98 Å². The third-order valence-electron chi connectivity index (χ3n) is 4.94. The summed E-state index contributed by atoms with van der Waals surface area (Å²) in [7, 11) is 0. The van der Waals surface area contributed by atoms with Crippen molar-refractivity contribution in [2.45, 2.75) is 13.3 Å². The van der Waals surface area contributed by atoms with E-state index in [1.165, 1.54) is 0 Å². The van der Waals surface area contributed by atoms with Crippen LogP contribution in [0.15, 0.2) is 84.9 Å². The first-order chi connectivity index (χ1) is 14.7. The first-order valence-electron chi connectivity index (χ1n) is 9.82. The number of nitrogen functional groups attached to an aromatic ring is 1. The van der Waals surface area contributed by atoms with Gasteiger partial charge in [-0.2, -0.15) is 5.26 Å². The Balaban J connectivity index is 1.89. The maximum absolute atomic E-state index is 9.85. The number of aromatic nitrogens is 1. The minimum absolute atomic E-state index is 0.234. The normalized spacial score (nSPS) is 10.4. The number of benzene rings is 3. The number of nitriles is 1. The Morgan fingerprint density at radius 3 is 2.17 bits per heavy atom. The zero-order chi connectivity index (χ0) is 20.9. The molecule has 30 heavy (non-hydrogen) atoms. The summed E-state index contributed by atoms with van der Waals surface area (Å²) in [6, 6.07) is 29.5. The summed E-state index contributed by atoms with van der Waals surface area (Å²) < 4.78 is 6.00. The molecule has 0 aliphatic carbocycles. The highest BCUT2D eigenvalue weighted by atomic mass is 16.5. The van der Waals surface area contributed by atoms with Crippen molar-refractivity contribution in [3.8, 4) is 40.0 Å². The maximum Gasteiger partial charge on any atom is 0.142 e. The molecule has 4 nitrogen and oxygen atoms in total. The third kappa shape index (κ3) is 3.74. The molecule has 0 atom stereocenters. The molecule has 0 unspecified atom stereocenters. The summed E-state index contributed by atoms with van der Waals surface area (Å²) >= 11 is 0. The van der Waals surface area contributed by atoms with E-state index in [2.05, 4.69) is 18.0 Å². The molecule has 1 heterocycles. The van der Waals surface area contributed by atoms with Gasteiger partial charge in [0.1, 0.15) is 28.9 Å². The van der Waals surface area contributed by atoms with Gasteiger partial charge in [0.2, 0.25) is 0 Å². The predicted molar refractivity (Wildman–Crippen MR) is 120 cm³/mol. The number of anilines is 1. The van der Waals surface area contributed by atoms with Crippen LogP contribution in [-0.4, -0.2) is 4.98 Å². The lowest BCUT2D eigenvalue weighted by Gasteiger charge is -2.17. The van der Waals surface area contributed by atoms with E-state index >= 15 is 0 Å². The number of hydrogen-bond donors (Lipinski definition) is 1. The van der Waals surface area contributed by atoms with E-state index in [0.717, 1.165) is 33.7 Å². The molecular formula is C26H21N3O. The first kappa shape index (κ1) is 19.2. The van der Waals surface area contributed by atoms with Crippen molar-refractivity contribution >= 4 is 5.82 Å². The molecule has 0 bridgehead atoms.